The molecule has 2 aliphatic heterocycles. The highest BCUT2D eigenvalue weighted by atomic mass is 16.5. The monoisotopic (exact) mass is 243 g/mol. The Labute approximate surface area is 104 Å². The highest BCUT2D eigenvalue weighted by molar-refractivity contribution is 4.74. The Morgan fingerprint density at radius 1 is 1.06 bits per heavy atom. The number of ether oxygens (including phenoxy) is 2. The predicted octanol–water partition coefficient (Wildman–Crippen LogP) is -0.761. The maximum atomic E-state index is 5.70. The summed E-state index contributed by atoms with van der Waals surface area (Å²) in [6, 6.07) is 0. The third-order valence-corrected chi connectivity index (χ3v) is 3.49. The van der Waals surface area contributed by atoms with Gasteiger partial charge in [0.1, 0.15) is 0 Å². The molecular formula is C12H25N3O2. The molecule has 0 aromatic carbocycles. The van der Waals surface area contributed by atoms with Crippen LogP contribution in [0, 0.1) is 0 Å². The summed E-state index contributed by atoms with van der Waals surface area (Å²) in [5, 5.41) is 3.18. The Hall–Kier alpha value is -0.200. The SMILES string of the molecule is CNCC1CN(CCN2CCOCC2)CCO1. The molecule has 0 amide bonds. The summed E-state index contributed by atoms with van der Waals surface area (Å²) >= 11 is 0. The van der Waals surface area contributed by atoms with E-state index in [2.05, 4.69) is 15.1 Å². The third kappa shape index (κ3) is 4.52. The van der Waals surface area contributed by atoms with Crippen LogP contribution in [0.5, 0.6) is 0 Å². The Kier molecular flexibility index (Phi) is 5.67. The second-order valence-electron chi connectivity index (χ2n) is 4.81. The number of likely N-dealkylation sites (N-methyl/N-ethyl adjacent to an activating group) is 1. The molecule has 1 unspecified atom stereocenters. The number of nitrogens with zero attached hydrogens (tertiary/aromatic N) is 2. The first kappa shape index (κ1) is 13.2. The van der Waals surface area contributed by atoms with Crippen molar-refractivity contribution in [2.75, 3.05) is 72.7 Å². The van der Waals surface area contributed by atoms with Gasteiger partial charge in [-0.25, -0.2) is 0 Å². The first-order valence-corrected chi connectivity index (χ1v) is 6.67. The lowest BCUT2D eigenvalue weighted by atomic mass is 10.2. The van der Waals surface area contributed by atoms with E-state index in [0.717, 1.165) is 65.6 Å². The molecule has 5 nitrogen and oxygen atoms in total. The van der Waals surface area contributed by atoms with Gasteiger partial charge in [0.05, 0.1) is 25.9 Å². The topological polar surface area (TPSA) is 37.0 Å². The summed E-state index contributed by atoms with van der Waals surface area (Å²) in [5.74, 6) is 0. The summed E-state index contributed by atoms with van der Waals surface area (Å²) in [6.45, 7) is 10.2. The number of hydrogen-bond donors (Lipinski definition) is 1. The molecule has 2 rings (SSSR count). The fourth-order valence-electron chi connectivity index (χ4n) is 2.44. The molecular weight excluding hydrogens is 218 g/mol. The number of hydrogen-bond acceptors (Lipinski definition) is 5. The van der Waals surface area contributed by atoms with E-state index in [1.54, 1.807) is 0 Å². The standard InChI is InChI=1S/C12H25N3O2/c1-13-10-12-11-15(6-9-17-12)3-2-14-4-7-16-8-5-14/h12-13H,2-11H2,1H3. The Bertz CT molecular complexity index is 208. The van der Waals surface area contributed by atoms with Gasteiger partial charge in [-0.2, -0.15) is 0 Å². The van der Waals surface area contributed by atoms with Crippen molar-refractivity contribution in [3.63, 3.8) is 0 Å². The van der Waals surface area contributed by atoms with E-state index in [0.29, 0.717) is 6.10 Å². The van der Waals surface area contributed by atoms with Crippen molar-refractivity contribution >= 4 is 0 Å². The molecule has 2 heterocycles. The molecule has 0 saturated carbocycles. The van der Waals surface area contributed by atoms with Gasteiger partial charge in [-0.05, 0) is 7.05 Å². The van der Waals surface area contributed by atoms with Crippen molar-refractivity contribution in [3.8, 4) is 0 Å². The summed E-state index contributed by atoms with van der Waals surface area (Å²) in [7, 11) is 1.98. The van der Waals surface area contributed by atoms with E-state index in [4.69, 9.17) is 9.47 Å². The molecule has 2 saturated heterocycles. The highest BCUT2D eigenvalue weighted by Gasteiger charge is 2.20. The zero-order chi connectivity index (χ0) is 11.9. The maximum Gasteiger partial charge on any atom is 0.0826 e. The summed E-state index contributed by atoms with van der Waals surface area (Å²) < 4.78 is 11.1. The summed E-state index contributed by atoms with van der Waals surface area (Å²) in [6.07, 6.45) is 0.360. The number of rotatable bonds is 5. The van der Waals surface area contributed by atoms with Crippen molar-refractivity contribution in [3.05, 3.63) is 0 Å². The lowest BCUT2D eigenvalue weighted by molar-refractivity contribution is -0.0321. The van der Waals surface area contributed by atoms with Crippen LogP contribution in [0.15, 0.2) is 0 Å². The van der Waals surface area contributed by atoms with Crippen molar-refractivity contribution < 1.29 is 9.47 Å². The lowest BCUT2D eigenvalue weighted by Gasteiger charge is -2.35. The highest BCUT2D eigenvalue weighted by Crippen LogP contribution is 2.05. The number of nitrogens with one attached hydrogen (secondary N) is 1. The Morgan fingerprint density at radius 3 is 2.53 bits per heavy atom. The van der Waals surface area contributed by atoms with E-state index in [-0.39, 0.29) is 0 Å². The molecule has 1 N–H and O–H groups in total. The molecule has 0 aliphatic carbocycles. The molecule has 0 spiro atoms. The zero-order valence-electron chi connectivity index (χ0n) is 10.9. The predicted molar refractivity (Wildman–Crippen MR) is 67.4 cm³/mol. The molecule has 0 radical (unpaired) electrons. The van der Waals surface area contributed by atoms with Crippen LogP contribution in [-0.2, 0) is 9.47 Å². The molecule has 2 aliphatic rings. The van der Waals surface area contributed by atoms with Gasteiger partial charge in [-0.15, -0.1) is 0 Å². The van der Waals surface area contributed by atoms with Crippen LogP contribution in [0.3, 0.4) is 0 Å². The van der Waals surface area contributed by atoms with Crippen LogP contribution in [0.2, 0.25) is 0 Å². The molecule has 0 aromatic rings. The second kappa shape index (κ2) is 7.28. The molecule has 17 heavy (non-hydrogen) atoms. The molecule has 2 fully saturated rings. The quantitative estimate of drug-likeness (QED) is 0.687. The van der Waals surface area contributed by atoms with Gasteiger partial charge in [-0.1, -0.05) is 0 Å². The van der Waals surface area contributed by atoms with Crippen LogP contribution in [-0.4, -0.2) is 88.6 Å². The van der Waals surface area contributed by atoms with Crippen molar-refractivity contribution in [2.24, 2.45) is 0 Å². The first-order chi connectivity index (χ1) is 8.38. The smallest absolute Gasteiger partial charge is 0.0826 e. The van der Waals surface area contributed by atoms with Crippen molar-refractivity contribution in [2.45, 2.75) is 6.10 Å². The van der Waals surface area contributed by atoms with Gasteiger partial charge >= 0.3 is 0 Å². The Balaban J connectivity index is 1.64. The zero-order valence-corrected chi connectivity index (χ0v) is 10.9. The molecule has 5 heteroatoms. The van der Waals surface area contributed by atoms with Crippen molar-refractivity contribution in [1.82, 2.24) is 15.1 Å². The average molecular weight is 243 g/mol. The van der Waals surface area contributed by atoms with E-state index < -0.39 is 0 Å². The van der Waals surface area contributed by atoms with Crippen LogP contribution in [0.25, 0.3) is 0 Å². The van der Waals surface area contributed by atoms with Gasteiger partial charge < -0.3 is 14.8 Å². The molecule has 100 valence electrons. The van der Waals surface area contributed by atoms with Gasteiger partial charge in [0.25, 0.3) is 0 Å². The van der Waals surface area contributed by atoms with Gasteiger partial charge in [0.2, 0.25) is 0 Å². The van der Waals surface area contributed by atoms with Crippen LogP contribution < -0.4 is 5.32 Å². The van der Waals surface area contributed by atoms with Crippen LogP contribution >= 0.6 is 0 Å². The van der Waals surface area contributed by atoms with Gasteiger partial charge in [0, 0.05) is 45.8 Å². The molecule has 0 aromatic heterocycles. The van der Waals surface area contributed by atoms with E-state index in [1.165, 1.54) is 0 Å². The first-order valence-electron chi connectivity index (χ1n) is 6.67. The summed E-state index contributed by atoms with van der Waals surface area (Å²) in [4.78, 5) is 5.01. The summed E-state index contributed by atoms with van der Waals surface area (Å²) in [5.41, 5.74) is 0. The lowest BCUT2D eigenvalue weighted by Crippen LogP contribution is -2.49. The third-order valence-electron chi connectivity index (χ3n) is 3.49. The minimum absolute atomic E-state index is 0.360. The van der Waals surface area contributed by atoms with E-state index in [1.807, 2.05) is 7.05 Å². The van der Waals surface area contributed by atoms with Crippen LogP contribution in [0.4, 0.5) is 0 Å². The minimum atomic E-state index is 0.360. The van der Waals surface area contributed by atoms with E-state index >= 15 is 0 Å². The Morgan fingerprint density at radius 2 is 1.76 bits per heavy atom. The fourth-order valence-corrected chi connectivity index (χ4v) is 2.44. The largest absolute Gasteiger partial charge is 0.379 e. The average Bonchev–Trinajstić information content (AvgIpc) is 2.39. The normalized spacial score (nSPS) is 28.4. The second-order valence-corrected chi connectivity index (χ2v) is 4.81. The van der Waals surface area contributed by atoms with Crippen molar-refractivity contribution in [1.29, 1.82) is 0 Å². The maximum absolute atomic E-state index is 5.70. The van der Waals surface area contributed by atoms with Gasteiger partial charge in [-0.3, -0.25) is 9.80 Å². The number of morpholine rings is 2. The fraction of sp³-hybridized carbons (Fsp3) is 1.00. The van der Waals surface area contributed by atoms with Crippen LogP contribution in [0.1, 0.15) is 0 Å². The molecule has 0 bridgehead atoms. The molecule has 1 atom stereocenters. The van der Waals surface area contributed by atoms with E-state index in [9.17, 15) is 0 Å². The minimum Gasteiger partial charge on any atom is -0.379 e. The van der Waals surface area contributed by atoms with Gasteiger partial charge in [0.15, 0.2) is 0 Å².